The fourth-order valence-corrected chi connectivity index (χ4v) is 4.47. The molecule has 20 heavy (non-hydrogen) atoms. The third kappa shape index (κ3) is 3.00. The van der Waals surface area contributed by atoms with E-state index in [1.54, 1.807) is 0 Å². The highest BCUT2D eigenvalue weighted by Gasteiger charge is 2.40. The fraction of sp³-hybridized carbons (Fsp3) is 0.545. The van der Waals surface area contributed by atoms with E-state index in [1.807, 2.05) is 0 Å². The topological polar surface area (TPSA) is 68.7 Å². The average Bonchev–Trinajstić information content (AvgIpc) is 2.85. The van der Waals surface area contributed by atoms with Crippen LogP contribution in [-0.2, 0) is 19.5 Å². The van der Waals surface area contributed by atoms with E-state index in [0.29, 0.717) is 4.47 Å². The van der Waals surface area contributed by atoms with Crippen molar-refractivity contribution in [3.05, 3.63) is 21.9 Å². The number of methoxy groups -OCH3 is 2. The highest BCUT2D eigenvalue weighted by atomic mass is 79.9. The number of rotatable bonds is 4. The van der Waals surface area contributed by atoms with E-state index in [2.05, 4.69) is 20.9 Å². The molecular formula is C11H14BrClN2O4S. The fourth-order valence-electron chi connectivity index (χ4n) is 2.08. The quantitative estimate of drug-likeness (QED) is 0.735. The van der Waals surface area contributed by atoms with Crippen molar-refractivity contribution in [1.29, 1.82) is 0 Å². The maximum absolute atomic E-state index is 12.6. The molecule has 1 aromatic rings. The van der Waals surface area contributed by atoms with Crippen molar-refractivity contribution < 1.29 is 17.9 Å². The highest BCUT2D eigenvalue weighted by molar-refractivity contribution is 9.10. The molecule has 2 atom stereocenters. The molecule has 112 valence electrons. The lowest BCUT2D eigenvalue weighted by atomic mass is 10.3. The standard InChI is InChI=1S/C11H14BrClN2O4S/c1-18-8-5-15(6-9(8)19-2)20(16,17)10-3-7(12)4-14-11(10)13/h3-4,8-9H,5-6H2,1-2H3. The molecular weight excluding hydrogens is 372 g/mol. The Morgan fingerprint density at radius 1 is 1.35 bits per heavy atom. The number of sulfonamides is 1. The Balaban J connectivity index is 2.34. The highest BCUT2D eigenvalue weighted by Crippen LogP contribution is 2.29. The summed E-state index contributed by atoms with van der Waals surface area (Å²) in [4.78, 5) is 3.82. The van der Waals surface area contributed by atoms with Crippen LogP contribution < -0.4 is 0 Å². The Morgan fingerprint density at radius 2 is 1.90 bits per heavy atom. The summed E-state index contributed by atoms with van der Waals surface area (Å²) in [6, 6.07) is 1.44. The van der Waals surface area contributed by atoms with E-state index >= 15 is 0 Å². The third-order valence-corrected chi connectivity index (χ3v) is 5.87. The molecule has 1 aromatic heterocycles. The Bertz CT molecular complexity index is 586. The zero-order valence-corrected chi connectivity index (χ0v) is 14.1. The van der Waals surface area contributed by atoms with Crippen molar-refractivity contribution >= 4 is 37.6 Å². The third-order valence-electron chi connectivity index (χ3n) is 3.18. The largest absolute Gasteiger partial charge is 0.377 e. The van der Waals surface area contributed by atoms with Crippen molar-refractivity contribution in [3.8, 4) is 0 Å². The summed E-state index contributed by atoms with van der Waals surface area (Å²) in [6.45, 7) is 0.445. The molecule has 1 saturated heterocycles. The van der Waals surface area contributed by atoms with Gasteiger partial charge in [-0.3, -0.25) is 0 Å². The predicted octanol–water partition coefficient (Wildman–Crippen LogP) is 1.53. The first-order valence-electron chi connectivity index (χ1n) is 5.77. The van der Waals surface area contributed by atoms with Crippen LogP contribution in [0.5, 0.6) is 0 Å². The Kier molecular flexibility index (Phi) is 5.04. The summed E-state index contributed by atoms with van der Waals surface area (Å²) < 4.78 is 37.5. The molecule has 9 heteroatoms. The van der Waals surface area contributed by atoms with Gasteiger partial charge in [0.2, 0.25) is 10.0 Å². The molecule has 1 aliphatic rings. The van der Waals surface area contributed by atoms with Crippen molar-refractivity contribution in [3.63, 3.8) is 0 Å². The lowest BCUT2D eigenvalue weighted by molar-refractivity contribution is -0.00461. The maximum atomic E-state index is 12.6. The molecule has 0 saturated carbocycles. The van der Waals surface area contributed by atoms with Crippen LogP contribution >= 0.6 is 27.5 Å². The average molecular weight is 386 g/mol. The van der Waals surface area contributed by atoms with Crippen LogP contribution in [0.4, 0.5) is 0 Å². The van der Waals surface area contributed by atoms with Gasteiger partial charge < -0.3 is 9.47 Å². The van der Waals surface area contributed by atoms with Crippen LogP contribution in [-0.4, -0.2) is 57.2 Å². The molecule has 0 N–H and O–H groups in total. The van der Waals surface area contributed by atoms with Crippen LogP contribution in [0, 0.1) is 0 Å². The summed E-state index contributed by atoms with van der Waals surface area (Å²) in [7, 11) is -0.673. The lowest BCUT2D eigenvalue weighted by Crippen LogP contribution is -2.30. The second kappa shape index (κ2) is 6.25. The van der Waals surface area contributed by atoms with Crippen LogP contribution in [0.15, 0.2) is 21.6 Å². The second-order valence-corrected chi connectivity index (χ2v) is 7.49. The first kappa shape index (κ1) is 16.1. The van der Waals surface area contributed by atoms with E-state index in [4.69, 9.17) is 21.1 Å². The van der Waals surface area contributed by atoms with Gasteiger partial charge in [0.1, 0.15) is 10.0 Å². The first-order chi connectivity index (χ1) is 9.40. The minimum absolute atomic E-state index is 0.0276. The molecule has 6 nitrogen and oxygen atoms in total. The summed E-state index contributed by atoms with van der Waals surface area (Å²) in [5, 5.41) is -0.0527. The molecule has 2 heterocycles. The van der Waals surface area contributed by atoms with Crippen LogP contribution in [0.2, 0.25) is 5.15 Å². The number of hydrogen-bond acceptors (Lipinski definition) is 5. The summed E-state index contributed by atoms with van der Waals surface area (Å²) in [5.74, 6) is 0. The Morgan fingerprint density at radius 3 is 2.40 bits per heavy atom. The minimum Gasteiger partial charge on any atom is -0.377 e. The monoisotopic (exact) mass is 384 g/mol. The maximum Gasteiger partial charge on any atom is 0.246 e. The lowest BCUT2D eigenvalue weighted by Gasteiger charge is -2.16. The SMILES string of the molecule is COC1CN(S(=O)(=O)c2cc(Br)cnc2Cl)CC1OC. The van der Waals surface area contributed by atoms with Crippen molar-refractivity contribution in [2.24, 2.45) is 0 Å². The van der Waals surface area contributed by atoms with Gasteiger partial charge in [-0.05, 0) is 22.0 Å². The molecule has 2 unspecified atom stereocenters. The molecule has 2 rings (SSSR count). The number of ether oxygens (including phenoxy) is 2. The molecule has 0 aromatic carbocycles. The smallest absolute Gasteiger partial charge is 0.246 e. The number of pyridine rings is 1. The summed E-state index contributed by atoms with van der Waals surface area (Å²) in [6.07, 6.45) is 0.851. The van der Waals surface area contributed by atoms with E-state index in [9.17, 15) is 8.42 Å². The molecule has 0 bridgehead atoms. The zero-order chi connectivity index (χ0) is 14.9. The molecule has 0 amide bonds. The number of aromatic nitrogens is 1. The zero-order valence-electron chi connectivity index (χ0n) is 10.9. The number of nitrogens with zero attached hydrogens (tertiary/aromatic N) is 2. The molecule has 0 radical (unpaired) electrons. The van der Waals surface area contributed by atoms with E-state index in [1.165, 1.54) is 30.8 Å². The number of halogens is 2. The van der Waals surface area contributed by atoms with Gasteiger partial charge in [-0.15, -0.1) is 0 Å². The molecule has 0 spiro atoms. The van der Waals surface area contributed by atoms with Gasteiger partial charge in [-0.2, -0.15) is 4.31 Å². The van der Waals surface area contributed by atoms with Gasteiger partial charge in [0.25, 0.3) is 0 Å². The predicted molar refractivity (Wildman–Crippen MR) is 77.3 cm³/mol. The van der Waals surface area contributed by atoms with Crippen LogP contribution in [0.3, 0.4) is 0 Å². The van der Waals surface area contributed by atoms with Gasteiger partial charge in [-0.1, -0.05) is 11.6 Å². The van der Waals surface area contributed by atoms with Gasteiger partial charge >= 0.3 is 0 Å². The Hall–Kier alpha value is -0.250. The summed E-state index contributed by atoms with van der Waals surface area (Å²) >= 11 is 9.09. The molecule has 1 fully saturated rings. The summed E-state index contributed by atoms with van der Waals surface area (Å²) in [5.41, 5.74) is 0. The molecule has 0 aliphatic carbocycles. The van der Waals surface area contributed by atoms with Crippen LogP contribution in [0.1, 0.15) is 0 Å². The first-order valence-corrected chi connectivity index (χ1v) is 8.38. The molecule has 1 aliphatic heterocycles. The van der Waals surface area contributed by atoms with Crippen molar-refractivity contribution in [2.45, 2.75) is 17.1 Å². The van der Waals surface area contributed by atoms with Gasteiger partial charge in [0, 0.05) is 38.0 Å². The van der Waals surface area contributed by atoms with Crippen molar-refractivity contribution in [2.75, 3.05) is 27.3 Å². The Labute approximate surface area is 131 Å². The van der Waals surface area contributed by atoms with Gasteiger partial charge in [0.05, 0.1) is 12.2 Å². The van der Waals surface area contributed by atoms with Gasteiger partial charge in [0.15, 0.2) is 0 Å². The van der Waals surface area contributed by atoms with Crippen molar-refractivity contribution in [1.82, 2.24) is 9.29 Å². The normalized spacial score (nSPS) is 24.2. The van der Waals surface area contributed by atoms with Gasteiger partial charge in [-0.25, -0.2) is 13.4 Å². The minimum atomic E-state index is -3.73. The van der Waals surface area contributed by atoms with E-state index in [-0.39, 0.29) is 35.3 Å². The second-order valence-electron chi connectivity index (χ2n) is 4.31. The van der Waals surface area contributed by atoms with Crippen LogP contribution in [0.25, 0.3) is 0 Å². The number of hydrogen-bond donors (Lipinski definition) is 0. The van der Waals surface area contributed by atoms with E-state index in [0.717, 1.165) is 0 Å². The van der Waals surface area contributed by atoms with E-state index < -0.39 is 10.0 Å².